The number of likely N-dealkylation sites (tertiary alicyclic amines) is 1. The van der Waals surface area contributed by atoms with Crippen molar-refractivity contribution in [2.45, 2.75) is 39.0 Å². The van der Waals surface area contributed by atoms with Crippen molar-refractivity contribution in [3.8, 4) is 0 Å². The molecule has 2 aromatic carbocycles. The van der Waals surface area contributed by atoms with Gasteiger partial charge in [0.2, 0.25) is 0 Å². The van der Waals surface area contributed by atoms with E-state index in [2.05, 4.69) is 74.0 Å². The first-order valence-electron chi connectivity index (χ1n) is 11.9. The van der Waals surface area contributed by atoms with Crippen LogP contribution in [0.5, 0.6) is 0 Å². The van der Waals surface area contributed by atoms with Crippen LogP contribution in [-0.2, 0) is 30.9 Å². The number of aliphatic imine (C=N–C) groups is 1. The molecule has 0 atom stereocenters. The van der Waals surface area contributed by atoms with Crippen LogP contribution in [0, 0.1) is 0 Å². The van der Waals surface area contributed by atoms with E-state index < -0.39 is 0 Å². The Morgan fingerprint density at radius 2 is 1.16 bits per heavy atom. The Bertz CT molecular complexity index is 838. The van der Waals surface area contributed by atoms with Gasteiger partial charge in [0.1, 0.15) is 0 Å². The van der Waals surface area contributed by atoms with Gasteiger partial charge < -0.3 is 15.4 Å². The third-order valence-corrected chi connectivity index (χ3v) is 6.30. The van der Waals surface area contributed by atoms with Gasteiger partial charge in [-0.2, -0.15) is 0 Å². The van der Waals surface area contributed by atoms with E-state index in [4.69, 9.17) is 4.74 Å². The summed E-state index contributed by atoms with van der Waals surface area (Å²) in [5.41, 5.74) is 5.28. The van der Waals surface area contributed by atoms with Crippen molar-refractivity contribution in [1.82, 2.24) is 20.4 Å². The summed E-state index contributed by atoms with van der Waals surface area (Å²) in [4.78, 5) is 9.35. The van der Waals surface area contributed by atoms with Crippen molar-refractivity contribution in [3.05, 3.63) is 70.8 Å². The van der Waals surface area contributed by atoms with Crippen molar-refractivity contribution < 1.29 is 4.74 Å². The van der Waals surface area contributed by atoms with Gasteiger partial charge in [0.05, 0.1) is 13.2 Å². The summed E-state index contributed by atoms with van der Waals surface area (Å²) in [6.07, 6.45) is 2.68. The van der Waals surface area contributed by atoms with Gasteiger partial charge in [0.25, 0.3) is 0 Å². The molecule has 2 aromatic rings. The number of morpholine rings is 1. The molecule has 2 saturated heterocycles. The minimum absolute atomic E-state index is 0.756. The van der Waals surface area contributed by atoms with Gasteiger partial charge in [0, 0.05) is 46.3 Å². The molecular formula is C26H37N5O. The number of hydrogen-bond donors (Lipinski definition) is 2. The molecule has 2 heterocycles. The zero-order valence-electron chi connectivity index (χ0n) is 19.4. The molecule has 2 aliphatic heterocycles. The van der Waals surface area contributed by atoms with Crippen LogP contribution in [0.2, 0.25) is 0 Å². The second-order valence-electron chi connectivity index (χ2n) is 8.78. The molecule has 0 radical (unpaired) electrons. The molecule has 0 aliphatic carbocycles. The van der Waals surface area contributed by atoms with Crippen LogP contribution in [-0.4, -0.2) is 62.2 Å². The molecule has 32 heavy (non-hydrogen) atoms. The third kappa shape index (κ3) is 7.05. The summed E-state index contributed by atoms with van der Waals surface area (Å²) in [6.45, 7) is 9.80. The van der Waals surface area contributed by atoms with Crippen LogP contribution in [0.3, 0.4) is 0 Å². The van der Waals surface area contributed by atoms with Gasteiger partial charge in [-0.15, -0.1) is 0 Å². The van der Waals surface area contributed by atoms with Crippen molar-refractivity contribution >= 4 is 5.96 Å². The summed E-state index contributed by atoms with van der Waals surface area (Å²) >= 11 is 0. The van der Waals surface area contributed by atoms with Crippen LogP contribution in [0.25, 0.3) is 0 Å². The zero-order chi connectivity index (χ0) is 22.0. The topological polar surface area (TPSA) is 52.1 Å². The molecular weight excluding hydrogens is 398 g/mol. The van der Waals surface area contributed by atoms with Crippen LogP contribution in [0.4, 0.5) is 0 Å². The van der Waals surface area contributed by atoms with Crippen LogP contribution in [0.15, 0.2) is 53.5 Å². The fourth-order valence-electron chi connectivity index (χ4n) is 4.33. The molecule has 2 fully saturated rings. The molecule has 0 saturated carbocycles. The predicted molar refractivity (Wildman–Crippen MR) is 131 cm³/mol. The lowest BCUT2D eigenvalue weighted by Crippen LogP contribution is -2.36. The van der Waals surface area contributed by atoms with Crippen LogP contribution < -0.4 is 10.6 Å². The summed E-state index contributed by atoms with van der Waals surface area (Å²) < 4.78 is 5.43. The predicted octanol–water partition coefficient (Wildman–Crippen LogP) is 2.98. The Balaban J connectivity index is 1.19. The molecule has 0 amide bonds. The molecule has 2 N–H and O–H groups in total. The zero-order valence-corrected chi connectivity index (χ0v) is 19.4. The Hall–Kier alpha value is -2.41. The molecule has 2 aliphatic rings. The first-order valence-corrected chi connectivity index (χ1v) is 11.9. The van der Waals surface area contributed by atoms with E-state index in [-0.39, 0.29) is 0 Å². The number of benzene rings is 2. The highest BCUT2D eigenvalue weighted by atomic mass is 16.5. The summed E-state index contributed by atoms with van der Waals surface area (Å²) in [6, 6.07) is 17.8. The number of guanidine groups is 1. The highest BCUT2D eigenvalue weighted by molar-refractivity contribution is 5.79. The highest BCUT2D eigenvalue weighted by Crippen LogP contribution is 2.13. The minimum atomic E-state index is 0.756. The van der Waals surface area contributed by atoms with E-state index >= 15 is 0 Å². The lowest BCUT2D eigenvalue weighted by atomic mass is 10.1. The Kier molecular flexibility index (Phi) is 8.54. The highest BCUT2D eigenvalue weighted by Gasteiger charge is 2.12. The molecule has 0 spiro atoms. The fourth-order valence-corrected chi connectivity index (χ4v) is 4.33. The molecule has 6 heteroatoms. The lowest BCUT2D eigenvalue weighted by molar-refractivity contribution is 0.0342. The van der Waals surface area contributed by atoms with Crippen molar-refractivity contribution in [2.24, 2.45) is 4.99 Å². The van der Waals surface area contributed by atoms with E-state index in [1.807, 2.05) is 7.05 Å². The Morgan fingerprint density at radius 1 is 0.719 bits per heavy atom. The Morgan fingerprint density at radius 3 is 1.62 bits per heavy atom. The molecule has 0 aromatic heterocycles. The molecule has 0 unspecified atom stereocenters. The van der Waals surface area contributed by atoms with Crippen LogP contribution in [0.1, 0.15) is 35.1 Å². The minimum Gasteiger partial charge on any atom is -0.379 e. The van der Waals surface area contributed by atoms with E-state index in [1.165, 1.54) is 48.2 Å². The smallest absolute Gasteiger partial charge is 0.191 e. The van der Waals surface area contributed by atoms with Gasteiger partial charge in [-0.1, -0.05) is 48.5 Å². The van der Waals surface area contributed by atoms with Gasteiger partial charge in [-0.25, -0.2) is 0 Å². The maximum absolute atomic E-state index is 5.43. The normalized spacial score (nSPS) is 18.1. The Labute approximate surface area is 192 Å². The van der Waals surface area contributed by atoms with Crippen molar-refractivity contribution in [1.29, 1.82) is 0 Å². The van der Waals surface area contributed by atoms with E-state index in [9.17, 15) is 0 Å². The van der Waals surface area contributed by atoms with Crippen molar-refractivity contribution in [2.75, 3.05) is 46.4 Å². The molecule has 0 bridgehead atoms. The van der Waals surface area contributed by atoms with E-state index in [1.54, 1.807) is 0 Å². The largest absolute Gasteiger partial charge is 0.379 e. The van der Waals surface area contributed by atoms with Gasteiger partial charge >= 0.3 is 0 Å². The number of hydrogen-bond acceptors (Lipinski definition) is 4. The SMILES string of the molecule is CN=C(NCc1ccc(CN2CCCC2)cc1)NCc1ccc(CN2CCOCC2)cc1. The average molecular weight is 436 g/mol. The van der Waals surface area contributed by atoms with Gasteiger partial charge in [0.15, 0.2) is 5.96 Å². The molecule has 4 rings (SSSR count). The van der Waals surface area contributed by atoms with Gasteiger partial charge in [-0.05, 0) is 48.2 Å². The standard InChI is InChI=1S/C26H37N5O/c1-27-26(28-18-22-4-8-24(9-5-22)20-30-12-2-3-13-30)29-19-23-6-10-25(11-7-23)21-31-14-16-32-17-15-31/h4-11H,2-3,12-21H2,1H3,(H2,27,28,29). The van der Waals surface area contributed by atoms with Crippen LogP contribution >= 0.6 is 0 Å². The number of ether oxygens (including phenoxy) is 1. The first kappa shape index (κ1) is 22.8. The van der Waals surface area contributed by atoms with E-state index in [0.717, 1.165) is 58.4 Å². The van der Waals surface area contributed by atoms with Crippen molar-refractivity contribution in [3.63, 3.8) is 0 Å². The van der Waals surface area contributed by atoms with E-state index in [0.29, 0.717) is 0 Å². The maximum atomic E-state index is 5.43. The average Bonchev–Trinajstić information content (AvgIpc) is 3.35. The third-order valence-electron chi connectivity index (χ3n) is 6.30. The fraction of sp³-hybridized carbons (Fsp3) is 0.500. The maximum Gasteiger partial charge on any atom is 0.191 e. The lowest BCUT2D eigenvalue weighted by Gasteiger charge is -2.26. The second kappa shape index (κ2) is 12.0. The second-order valence-corrected chi connectivity index (χ2v) is 8.78. The summed E-state index contributed by atoms with van der Waals surface area (Å²) in [5, 5.41) is 6.85. The molecule has 6 nitrogen and oxygen atoms in total. The monoisotopic (exact) mass is 435 g/mol. The number of rotatable bonds is 8. The first-order chi connectivity index (χ1) is 15.8. The quantitative estimate of drug-likeness (QED) is 0.493. The number of nitrogens with zero attached hydrogens (tertiary/aromatic N) is 3. The molecule has 172 valence electrons. The summed E-state index contributed by atoms with van der Waals surface area (Å²) in [5.74, 6) is 0.823. The van der Waals surface area contributed by atoms with Gasteiger partial charge in [-0.3, -0.25) is 14.8 Å². The number of nitrogens with one attached hydrogen (secondary N) is 2. The summed E-state index contributed by atoms with van der Waals surface area (Å²) in [7, 11) is 1.82.